The third-order valence-electron chi connectivity index (χ3n) is 2.36. The molecule has 0 aliphatic heterocycles. The first-order valence-corrected chi connectivity index (χ1v) is 6.51. The molecule has 0 aromatic carbocycles. The van der Waals surface area contributed by atoms with E-state index in [0.717, 1.165) is 12.8 Å². The van der Waals surface area contributed by atoms with E-state index in [1.54, 1.807) is 0 Å². The first-order valence-electron chi connectivity index (χ1n) is 4.86. The van der Waals surface area contributed by atoms with Gasteiger partial charge in [0.05, 0.1) is 12.2 Å². The Morgan fingerprint density at radius 2 is 2.13 bits per heavy atom. The Morgan fingerprint density at radius 3 is 2.53 bits per heavy atom. The molecule has 0 aromatic rings. The van der Waals surface area contributed by atoms with Crippen LogP contribution in [0.4, 0.5) is 0 Å². The van der Waals surface area contributed by atoms with Crippen molar-refractivity contribution in [1.82, 2.24) is 4.72 Å². The molecular formula is C8H16N2O4S. The average molecular weight is 236 g/mol. The van der Waals surface area contributed by atoms with Crippen molar-refractivity contribution in [3.05, 3.63) is 0 Å². The minimum atomic E-state index is -3.50. The number of sulfonamides is 1. The van der Waals surface area contributed by atoms with E-state index < -0.39 is 16.0 Å². The van der Waals surface area contributed by atoms with Crippen molar-refractivity contribution in [2.24, 2.45) is 11.7 Å². The van der Waals surface area contributed by atoms with Crippen molar-refractivity contribution in [3.63, 3.8) is 0 Å². The fourth-order valence-electron chi connectivity index (χ4n) is 1.35. The molecule has 1 aliphatic rings. The van der Waals surface area contributed by atoms with Crippen LogP contribution in [0.2, 0.25) is 0 Å². The van der Waals surface area contributed by atoms with Crippen LogP contribution >= 0.6 is 0 Å². The summed E-state index contributed by atoms with van der Waals surface area (Å²) >= 11 is 0. The minimum absolute atomic E-state index is 0.233. The molecule has 0 heterocycles. The van der Waals surface area contributed by atoms with Gasteiger partial charge in [-0.1, -0.05) is 0 Å². The van der Waals surface area contributed by atoms with Gasteiger partial charge in [-0.2, -0.15) is 0 Å². The fourth-order valence-corrected chi connectivity index (χ4v) is 2.66. The van der Waals surface area contributed by atoms with Gasteiger partial charge in [0.2, 0.25) is 10.0 Å². The second kappa shape index (κ2) is 4.91. The lowest BCUT2D eigenvalue weighted by molar-refractivity contribution is -0.136. The molecule has 1 atom stereocenters. The highest BCUT2D eigenvalue weighted by Gasteiger charge is 2.32. The zero-order chi connectivity index (χ0) is 11.5. The van der Waals surface area contributed by atoms with Crippen LogP contribution in [0.5, 0.6) is 0 Å². The largest absolute Gasteiger partial charge is 0.481 e. The summed E-state index contributed by atoms with van der Waals surface area (Å²) < 4.78 is 25.3. The Labute approximate surface area is 88.9 Å². The van der Waals surface area contributed by atoms with Gasteiger partial charge in [-0.25, -0.2) is 13.1 Å². The number of nitrogens with two attached hydrogens (primary N) is 1. The Balaban J connectivity index is 2.43. The van der Waals surface area contributed by atoms with Crippen LogP contribution in [-0.4, -0.2) is 37.8 Å². The number of rotatable bonds is 7. The number of carboxylic acids is 1. The molecule has 6 nitrogen and oxygen atoms in total. The number of nitrogens with one attached hydrogen (secondary N) is 1. The van der Waals surface area contributed by atoms with Crippen LogP contribution in [0.15, 0.2) is 0 Å². The van der Waals surface area contributed by atoms with Crippen LogP contribution in [0.1, 0.15) is 19.3 Å². The maximum absolute atomic E-state index is 11.4. The van der Waals surface area contributed by atoms with Crippen molar-refractivity contribution >= 4 is 16.0 Å². The number of aliphatic carboxylic acids is 1. The monoisotopic (exact) mass is 236 g/mol. The van der Waals surface area contributed by atoms with E-state index >= 15 is 0 Å². The van der Waals surface area contributed by atoms with Gasteiger partial charge >= 0.3 is 5.97 Å². The normalized spacial score (nSPS) is 18.7. The lowest BCUT2D eigenvalue weighted by atomic mass is 10.2. The maximum atomic E-state index is 11.4. The molecule has 1 unspecified atom stereocenters. The van der Waals surface area contributed by atoms with E-state index in [1.165, 1.54) is 0 Å². The van der Waals surface area contributed by atoms with Gasteiger partial charge in [0.1, 0.15) is 0 Å². The van der Waals surface area contributed by atoms with Gasteiger partial charge in [-0.05, 0) is 18.8 Å². The Kier molecular flexibility index (Phi) is 4.06. The zero-order valence-corrected chi connectivity index (χ0v) is 9.16. The topological polar surface area (TPSA) is 109 Å². The molecule has 1 saturated carbocycles. The zero-order valence-electron chi connectivity index (χ0n) is 8.35. The summed E-state index contributed by atoms with van der Waals surface area (Å²) in [6.45, 7) is 0.261. The number of carbonyl (C=O) groups is 1. The van der Waals surface area contributed by atoms with Crippen molar-refractivity contribution in [1.29, 1.82) is 0 Å². The number of carboxylic acid groups (broad SMARTS) is 1. The van der Waals surface area contributed by atoms with Gasteiger partial charge in [0, 0.05) is 12.6 Å². The number of hydrogen-bond donors (Lipinski definition) is 3. The van der Waals surface area contributed by atoms with Crippen LogP contribution in [0.3, 0.4) is 0 Å². The summed E-state index contributed by atoms with van der Waals surface area (Å²) in [5, 5.41) is 8.37. The van der Waals surface area contributed by atoms with E-state index in [9.17, 15) is 13.2 Å². The van der Waals surface area contributed by atoms with Crippen LogP contribution in [-0.2, 0) is 14.8 Å². The molecular weight excluding hydrogens is 220 g/mol. The predicted octanol–water partition coefficient (Wildman–Crippen LogP) is -0.882. The first kappa shape index (κ1) is 12.4. The third kappa shape index (κ3) is 4.59. The molecule has 0 amide bonds. The Hall–Kier alpha value is -0.660. The van der Waals surface area contributed by atoms with Crippen molar-refractivity contribution in [2.45, 2.75) is 25.3 Å². The highest BCUT2D eigenvalue weighted by atomic mass is 32.2. The predicted molar refractivity (Wildman–Crippen MR) is 54.7 cm³/mol. The second-order valence-corrected chi connectivity index (χ2v) is 5.63. The van der Waals surface area contributed by atoms with Gasteiger partial charge in [0.25, 0.3) is 0 Å². The molecule has 0 spiro atoms. The Bertz CT molecular complexity index is 324. The third-order valence-corrected chi connectivity index (χ3v) is 3.76. The molecule has 1 rings (SSSR count). The maximum Gasteiger partial charge on any atom is 0.304 e. The van der Waals surface area contributed by atoms with E-state index in [4.69, 9.17) is 10.8 Å². The highest BCUT2D eigenvalue weighted by molar-refractivity contribution is 7.89. The van der Waals surface area contributed by atoms with E-state index in [-0.39, 0.29) is 24.8 Å². The first-order chi connectivity index (χ1) is 6.94. The van der Waals surface area contributed by atoms with Crippen molar-refractivity contribution in [2.75, 3.05) is 12.3 Å². The van der Waals surface area contributed by atoms with Crippen LogP contribution in [0, 0.1) is 5.92 Å². The van der Waals surface area contributed by atoms with Gasteiger partial charge in [-0.15, -0.1) is 0 Å². The molecule has 1 fully saturated rings. The standard InChI is InChI=1S/C8H16N2O4S/c9-5-7(6-1-2-6)10-15(13,14)4-3-8(11)12/h6-7,10H,1-5,9H2,(H,11,12). The molecule has 88 valence electrons. The molecule has 0 bridgehead atoms. The van der Waals surface area contributed by atoms with Crippen molar-refractivity contribution < 1.29 is 18.3 Å². The van der Waals surface area contributed by atoms with Gasteiger partial charge < -0.3 is 10.8 Å². The van der Waals surface area contributed by atoms with Crippen LogP contribution in [0.25, 0.3) is 0 Å². The van der Waals surface area contributed by atoms with E-state index in [0.29, 0.717) is 5.92 Å². The van der Waals surface area contributed by atoms with Crippen LogP contribution < -0.4 is 10.5 Å². The van der Waals surface area contributed by atoms with E-state index in [2.05, 4.69) is 4.72 Å². The summed E-state index contributed by atoms with van der Waals surface area (Å²) in [7, 11) is -3.50. The molecule has 0 saturated heterocycles. The molecule has 7 heteroatoms. The summed E-state index contributed by atoms with van der Waals surface area (Å²) in [5.41, 5.74) is 5.43. The summed E-state index contributed by atoms with van der Waals surface area (Å²) in [6, 6.07) is -0.233. The SMILES string of the molecule is NCC(NS(=O)(=O)CCC(=O)O)C1CC1. The van der Waals surface area contributed by atoms with Crippen molar-refractivity contribution in [3.8, 4) is 0 Å². The van der Waals surface area contributed by atoms with Gasteiger partial charge in [0.15, 0.2) is 0 Å². The second-order valence-electron chi connectivity index (χ2n) is 3.76. The molecule has 0 aromatic heterocycles. The molecule has 15 heavy (non-hydrogen) atoms. The van der Waals surface area contributed by atoms with Gasteiger partial charge in [-0.3, -0.25) is 4.79 Å². The summed E-state index contributed by atoms with van der Waals surface area (Å²) in [5.74, 6) is -1.17. The molecule has 1 aliphatic carbocycles. The number of hydrogen-bond acceptors (Lipinski definition) is 4. The fraction of sp³-hybridized carbons (Fsp3) is 0.875. The quantitative estimate of drug-likeness (QED) is 0.531. The summed E-state index contributed by atoms with van der Waals surface area (Å²) in [6.07, 6.45) is 1.60. The lowest BCUT2D eigenvalue weighted by Crippen LogP contribution is -2.42. The lowest BCUT2D eigenvalue weighted by Gasteiger charge is -2.15. The Morgan fingerprint density at radius 1 is 1.53 bits per heavy atom. The molecule has 0 radical (unpaired) electrons. The average Bonchev–Trinajstić information content (AvgIpc) is 2.94. The smallest absolute Gasteiger partial charge is 0.304 e. The minimum Gasteiger partial charge on any atom is -0.481 e. The summed E-state index contributed by atoms with van der Waals surface area (Å²) in [4.78, 5) is 10.2. The molecule has 4 N–H and O–H groups in total. The highest BCUT2D eigenvalue weighted by Crippen LogP contribution is 2.32. The van der Waals surface area contributed by atoms with E-state index in [1.807, 2.05) is 0 Å².